The van der Waals surface area contributed by atoms with Crippen molar-refractivity contribution >= 4 is 11.7 Å². The molecule has 25 heavy (non-hydrogen) atoms. The zero-order valence-electron chi connectivity index (χ0n) is 14.1. The first-order valence-corrected chi connectivity index (χ1v) is 8.78. The van der Waals surface area contributed by atoms with Crippen molar-refractivity contribution < 1.29 is 13.9 Å². The lowest BCUT2D eigenvalue weighted by Crippen LogP contribution is -2.47. The summed E-state index contributed by atoms with van der Waals surface area (Å²) in [7, 11) is 0. The molecule has 7 heteroatoms. The van der Waals surface area contributed by atoms with Crippen LogP contribution in [-0.4, -0.2) is 40.5 Å². The van der Waals surface area contributed by atoms with Gasteiger partial charge >= 0.3 is 0 Å². The first-order chi connectivity index (χ1) is 12.3. The Hall–Kier alpha value is -2.41. The minimum Gasteiger partial charge on any atom is -0.467 e. The Kier molecular flexibility index (Phi) is 4.65. The van der Waals surface area contributed by atoms with Crippen LogP contribution in [0.5, 0.6) is 0 Å². The van der Waals surface area contributed by atoms with Gasteiger partial charge in [-0.05, 0) is 31.0 Å². The van der Waals surface area contributed by atoms with Crippen LogP contribution in [0, 0.1) is 5.92 Å². The number of carbonyl (C=O) groups excluding carboxylic acids is 1. The minimum atomic E-state index is -0.216. The van der Waals surface area contributed by atoms with E-state index in [0.29, 0.717) is 37.9 Å². The molecule has 2 fully saturated rings. The molecule has 0 aromatic carbocycles. The predicted octanol–water partition coefficient (Wildman–Crippen LogP) is 2.38. The lowest BCUT2D eigenvalue weighted by molar-refractivity contribution is -0.147. The maximum Gasteiger partial charge on any atom is 0.226 e. The van der Waals surface area contributed by atoms with E-state index in [4.69, 9.17) is 9.15 Å². The summed E-state index contributed by atoms with van der Waals surface area (Å²) >= 11 is 0. The van der Waals surface area contributed by atoms with Gasteiger partial charge in [-0.3, -0.25) is 4.79 Å². The monoisotopic (exact) mass is 342 g/mol. The Labute approximate surface area is 146 Å². The second kappa shape index (κ2) is 7.23. The number of rotatable bonds is 5. The molecule has 1 amide bonds. The fourth-order valence-electron chi connectivity index (χ4n) is 3.19. The average molecular weight is 342 g/mol. The quantitative estimate of drug-likeness (QED) is 0.898. The topological polar surface area (TPSA) is 80.5 Å². The fraction of sp³-hybridized carbons (Fsp3) is 0.500. The van der Waals surface area contributed by atoms with Gasteiger partial charge in [-0.1, -0.05) is 6.42 Å². The number of nitrogens with zero attached hydrogens (tertiary/aromatic N) is 3. The number of hydrogen-bond acceptors (Lipinski definition) is 6. The summed E-state index contributed by atoms with van der Waals surface area (Å²) in [6.45, 7) is 2.17. The highest BCUT2D eigenvalue weighted by atomic mass is 16.5. The number of amides is 1. The molecular formula is C18H22N4O3. The van der Waals surface area contributed by atoms with Crippen molar-refractivity contribution in [2.45, 2.75) is 31.8 Å². The first-order valence-electron chi connectivity index (χ1n) is 8.78. The smallest absolute Gasteiger partial charge is 0.226 e. The lowest BCUT2D eigenvalue weighted by Gasteiger charge is -2.38. The maximum absolute atomic E-state index is 12.7. The van der Waals surface area contributed by atoms with Crippen LogP contribution in [0.15, 0.2) is 35.1 Å². The summed E-state index contributed by atoms with van der Waals surface area (Å²) in [5.41, 5.74) is 0. The molecule has 2 aliphatic rings. The van der Waals surface area contributed by atoms with E-state index in [1.165, 1.54) is 0 Å². The molecule has 2 aromatic rings. The van der Waals surface area contributed by atoms with Crippen molar-refractivity contribution in [3.05, 3.63) is 42.2 Å². The molecule has 0 bridgehead atoms. The Morgan fingerprint density at radius 2 is 2.28 bits per heavy atom. The predicted molar refractivity (Wildman–Crippen MR) is 90.7 cm³/mol. The first kappa shape index (κ1) is 16.1. The van der Waals surface area contributed by atoms with Gasteiger partial charge < -0.3 is 19.4 Å². The van der Waals surface area contributed by atoms with Crippen LogP contribution < -0.4 is 5.32 Å². The highest BCUT2D eigenvalue weighted by Crippen LogP contribution is 2.32. The van der Waals surface area contributed by atoms with Crippen LogP contribution in [0.25, 0.3) is 0 Å². The molecule has 132 valence electrons. The number of morpholine rings is 1. The molecular weight excluding hydrogens is 320 g/mol. The van der Waals surface area contributed by atoms with Gasteiger partial charge in [0, 0.05) is 18.7 Å². The highest BCUT2D eigenvalue weighted by molar-refractivity contribution is 5.80. The number of ether oxygens (including phenoxy) is 1. The molecule has 1 N–H and O–H groups in total. The van der Waals surface area contributed by atoms with E-state index >= 15 is 0 Å². The molecule has 2 aromatic heterocycles. The number of carbonyl (C=O) groups is 1. The standard InChI is InChI=1S/C18H22N4O3/c23-18(13-3-1-4-13)22-8-10-24-12-15(22)17-19-7-6-16(21-17)20-11-14-5-2-9-25-14/h2,5-7,9,13,15H,1,3-4,8,10-12H2,(H,19,20,21). The van der Waals surface area contributed by atoms with Gasteiger partial charge in [0.25, 0.3) is 0 Å². The molecule has 1 atom stereocenters. The summed E-state index contributed by atoms with van der Waals surface area (Å²) in [6, 6.07) is 5.36. The van der Waals surface area contributed by atoms with Crippen LogP contribution in [0.1, 0.15) is 36.9 Å². The Bertz CT molecular complexity index is 715. The van der Waals surface area contributed by atoms with Crippen LogP contribution in [0.3, 0.4) is 0 Å². The molecule has 7 nitrogen and oxygen atoms in total. The summed E-state index contributed by atoms with van der Waals surface area (Å²) < 4.78 is 10.9. The van der Waals surface area contributed by atoms with Gasteiger partial charge in [-0.2, -0.15) is 0 Å². The Morgan fingerprint density at radius 3 is 3.04 bits per heavy atom. The lowest BCUT2D eigenvalue weighted by atomic mass is 9.84. The van der Waals surface area contributed by atoms with E-state index in [2.05, 4.69) is 15.3 Å². The van der Waals surface area contributed by atoms with Crippen molar-refractivity contribution in [2.75, 3.05) is 25.1 Å². The maximum atomic E-state index is 12.7. The molecule has 1 aliphatic carbocycles. The summed E-state index contributed by atoms with van der Waals surface area (Å²) in [6.07, 6.45) is 6.50. The third kappa shape index (κ3) is 3.51. The van der Waals surface area contributed by atoms with Crippen LogP contribution in [0.2, 0.25) is 0 Å². The Morgan fingerprint density at radius 1 is 1.36 bits per heavy atom. The number of furan rings is 1. The fourth-order valence-corrected chi connectivity index (χ4v) is 3.19. The third-order valence-electron chi connectivity index (χ3n) is 4.86. The van der Waals surface area contributed by atoms with E-state index in [1.54, 1.807) is 12.5 Å². The van der Waals surface area contributed by atoms with Crippen molar-refractivity contribution in [2.24, 2.45) is 5.92 Å². The summed E-state index contributed by atoms with van der Waals surface area (Å²) in [5.74, 6) is 2.56. The van der Waals surface area contributed by atoms with Gasteiger partial charge in [0.15, 0.2) is 5.82 Å². The number of hydrogen-bond donors (Lipinski definition) is 1. The van der Waals surface area contributed by atoms with Gasteiger partial charge in [0.1, 0.15) is 17.6 Å². The number of nitrogens with one attached hydrogen (secondary N) is 1. The van der Waals surface area contributed by atoms with E-state index in [9.17, 15) is 4.79 Å². The largest absolute Gasteiger partial charge is 0.467 e. The van der Waals surface area contributed by atoms with Crippen LogP contribution >= 0.6 is 0 Å². The number of anilines is 1. The second-order valence-electron chi connectivity index (χ2n) is 6.48. The average Bonchev–Trinajstić information content (AvgIpc) is 3.12. The molecule has 3 heterocycles. The molecule has 1 unspecified atom stereocenters. The van der Waals surface area contributed by atoms with Gasteiger partial charge in [0.05, 0.1) is 26.0 Å². The SMILES string of the molecule is O=C(C1CCC1)N1CCOCC1c1nccc(NCc2ccco2)n1. The number of aromatic nitrogens is 2. The van der Waals surface area contributed by atoms with Crippen molar-refractivity contribution in [3.8, 4) is 0 Å². The minimum absolute atomic E-state index is 0.167. The van der Waals surface area contributed by atoms with E-state index < -0.39 is 0 Å². The van der Waals surface area contributed by atoms with Crippen LogP contribution in [-0.2, 0) is 16.1 Å². The molecule has 1 saturated heterocycles. The molecule has 0 spiro atoms. The Balaban J connectivity index is 1.48. The second-order valence-corrected chi connectivity index (χ2v) is 6.48. The molecule has 1 saturated carbocycles. The highest BCUT2D eigenvalue weighted by Gasteiger charge is 2.36. The van der Waals surface area contributed by atoms with Crippen LogP contribution in [0.4, 0.5) is 5.82 Å². The molecule has 0 radical (unpaired) electrons. The summed E-state index contributed by atoms with van der Waals surface area (Å²) in [5, 5.41) is 3.23. The van der Waals surface area contributed by atoms with E-state index in [1.807, 2.05) is 23.1 Å². The van der Waals surface area contributed by atoms with E-state index in [-0.39, 0.29) is 17.9 Å². The normalized spacial score (nSPS) is 21.0. The van der Waals surface area contributed by atoms with Gasteiger partial charge in [0.2, 0.25) is 5.91 Å². The van der Waals surface area contributed by atoms with E-state index in [0.717, 1.165) is 25.0 Å². The van der Waals surface area contributed by atoms with Crippen molar-refractivity contribution in [3.63, 3.8) is 0 Å². The zero-order valence-corrected chi connectivity index (χ0v) is 14.1. The zero-order chi connectivity index (χ0) is 17.1. The molecule has 1 aliphatic heterocycles. The van der Waals surface area contributed by atoms with Gasteiger partial charge in [-0.25, -0.2) is 9.97 Å². The van der Waals surface area contributed by atoms with Gasteiger partial charge in [-0.15, -0.1) is 0 Å². The van der Waals surface area contributed by atoms with Crippen molar-refractivity contribution in [1.29, 1.82) is 0 Å². The third-order valence-corrected chi connectivity index (χ3v) is 4.86. The molecule has 4 rings (SSSR count). The summed E-state index contributed by atoms with van der Waals surface area (Å²) in [4.78, 5) is 23.6. The van der Waals surface area contributed by atoms with Crippen molar-refractivity contribution in [1.82, 2.24) is 14.9 Å².